The van der Waals surface area contributed by atoms with Gasteiger partial charge in [0.05, 0.1) is 4.90 Å². The van der Waals surface area contributed by atoms with Gasteiger partial charge in [-0.25, -0.2) is 8.42 Å². The SMILES string of the molecule is Cc1cccc(OCCN2CCN(S(=O)(=O)c3cccc(Cl)c3)CC2)c1. The van der Waals surface area contributed by atoms with E-state index in [1.165, 1.54) is 15.9 Å². The number of benzene rings is 2. The molecule has 0 bridgehead atoms. The Morgan fingerprint density at radius 2 is 1.77 bits per heavy atom. The third-order valence-electron chi connectivity index (χ3n) is 4.43. The number of piperazine rings is 1. The summed E-state index contributed by atoms with van der Waals surface area (Å²) in [6.45, 7) is 5.72. The number of aryl methyl sites for hydroxylation is 1. The lowest BCUT2D eigenvalue weighted by atomic mass is 10.2. The quantitative estimate of drug-likeness (QED) is 0.755. The predicted molar refractivity (Wildman–Crippen MR) is 103 cm³/mol. The van der Waals surface area contributed by atoms with E-state index >= 15 is 0 Å². The monoisotopic (exact) mass is 394 g/mol. The number of ether oxygens (including phenoxy) is 1. The van der Waals surface area contributed by atoms with Crippen LogP contribution in [0.3, 0.4) is 0 Å². The topological polar surface area (TPSA) is 49.9 Å². The molecule has 140 valence electrons. The molecule has 26 heavy (non-hydrogen) atoms. The molecule has 1 saturated heterocycles. The first-order chi connectivity index (χ1) is 12.4. The molecule has 0 spiro atoms. The predicted octanol–water partition coefficient (Wildman–Crippen LogP) is 3.03. The number of sulfonamides is 1. The molecule has 2 aromatic rings. The summed E-state index contributed by atoms with van der Waals surface area (Å²) in [6, 6.07) is 14.4. The third kappa shape index (κ3) is 4.76. The molecule has 0 N–H and O–H groups in total. The molecule has 3 rings (SSSR count). The maximum atomic E-state index is 12.7. The van der Waals surface area contributed by atoms with Crippen molar-refractivity contribution in [3.05, 3.63) is 59.1 Å². The Hall–Kier alpha value is -1.60. The van der Waals surface area contributed by atoms with E-state index in [2.05, 4.69) is 4.90 Å². The highest BCUT2D eigenvalue weighted by atomic mass is 35.5. The fraction of sp³-hybridized carbons (Fsp3) is 0.368. The number of rotatable bonds is 6. The van der Waals surface area contributed by atoms with Gasteiger partial charge in [-0.2, -0.15) is 4.31 Å². The van der Waals surface area contributed by atoms with Gasteiger partial charge in [-0.15, -0.1) is 0 Å². The largest absolute Gasteiger partial charge is 0.492 e. The summed E-state index contributed by atoms with van der Waals surface area (Å²) in [5, 5.41) is 0.429. The second-order valence-electron chi connectivity index (χ2n) is 6.37. The van der Waals surface area contributed by atoms with Crippen molar-refractivity contribution in [2.45, 2.75) is 11.8 Å². The summed E-state index contributed by atoms with van der Waals surface area (Å²) in [5.74, 6) is 0.868. The van der Waals surface area contributed by atoms with Gasteiger partial charge in [-0.1, -0.05) is 29.8 Å². The van der Waals surface area contributed by atoms with Crippen molar-refractivity contribution >= 4 is 21.6 Å². The van der Waals surface area contributed by atoms with Gasteiger partial charge in [0.25, 0.3) is 0 Å². The molecule has 1 heterocycles. The van der Waals surface area contributed by atoms with Gasteiger partial charge in [-0.3, -0.25) is 4.90 Å². The van der Waals surface area contributed by atoms with Crippen LogP contribution >= 0.6 is 11.6 Å². The summed E-state index contributed by atoms with van der Waals surface area (Å²) in [6.07, 6.45) is 0. The molecule has 7 heteroatoms. The lowest BCUT2D eigenvalue weighted by Crippen LogP contribution is -2.49. The fourth-order valence-corrected chi connectivity index (χ4v) is 4.69. The number of nitrogens with zero attached hydrogens (tertiary/aromatic N) is 2. The first kappa shape index (κ1) is 19.2. The lowest BCUT2D eigenvalue weighted by Gasteiger charge is -2.33. The molecule has 0 saturated carbocycles. The second kappa shape index (κ2) is 8.39. The maximum absolute atomic E-state index is 12.7. The Labute approximate surface area is 160 Å². The highest BCUT2D eigenvalue weighted by Gasteiger charge is 2.28. The van der Waals surface area contributed by atoms with E-state index in [4.69, 9.17) is 16.3 Å². The summed E-state index contributed by atoms with van der Waals surface area (Å²) in [4.78, 5) is 2.47. The third-order valence-corrected chi connectivity index (χ3v) is 6.56. The molecular formula is C19H23ClN2O3S. The molecule has 0 aliphatic carbocycles. The van der Waals surface area contributed by atoms with Crippen molar-refractivity contribution in [3.63, 3.8) is 0 Å². The summed E-state index contributed by atoms with van der Waals surface area (Å²) in [7, 11) is -3.49. The Morgan fingerprint density at radius 3 is 2.46 bits per heavy atom. The molecule has 0 radical (unpaired) electrons. The van der Waals surface area contributed by atoms with Gasteiger partial charge in [0.1, 0.15) is 12.4 Å². The van der Waals surface area contributed by atoms with Crippen LogP contribution in [-0.4, -0.2) is 57.0 Å². The summed E-state index contributed by atoms with van der Waals surface area (Å²) < 4.78 is 32.7. The van der Waals surface area contributed by atoms with E-state index in [-0.39, 0.29) is 4.90 Å². The molecule has 0 aromatic heterocycles. The fourth-order valence-electron chi connectivity index (χ4n) is 2.97. The average molecular weight is 395 g/mol. The van der Waals surface area contributed by atoms with E-state index in [0.29, 0.717) is 37.8 Å². The zero-order chi connectivity index (χ0) is 18.6. The van der Waals surface area contributed by atoms with Crippen LogP contribution in [0, 0.1) is 6.92 Å². The van der Waals surface area contributed by atoms with Gasteiger partial charge in [0, 0.05) is 37.7 Å². The van der Waals surface area contributed by atoms with E-state index in [9.17, 15) is 8.42 Å². The Morgan fingerprint density at radius 1 is 1.04 bits per heavy atom. The lowest BCUT2D eigenvalue weighted by molar-refractivity contribution is 0.159. The van der Waals surface area contributed by atoms with Crippen LogP contribution in [0.15, 0.2) is 53.4 Å². The zero-order valence-electron chi connectivity index (χ0n) is 14.8. The van der Waals surface area contributed by atoms with E-state index in [1.807, 2.05) is 31.2 Å². The minimum atomic E-state index is -3.49. The van der Waals surface area contributed by atoms with E-state index in [0.717, 1.165) is 12.3 Å². The molecule has 1 aliphatic rings. The number of hydrogen-bond acceptors (Lipinski definition) is 4. The molecule has 5 nitrogen and oxygen atoms in total. The molecule has 2 aromatic carbocycles. The molecular weight excluding hydrogens is 372 g/mol. The van der Waals surface area contributed by atoms with Crippen LogP contribution in [0.4, 0.5) is 0 Å². The minimum absolute atomic E-state index is 0.251. The van der Waals surface area contributed by atoms with Crippen LogP contribution in [0.25, 0.3) is 0 Å². The Kier molecular flexibility index (Phi) is 6.19. The Balaban J connectivity index is 1.49. The van der Waals surface area contributed by atoms with Gasteiger partial charge in [-0.05, 0) is 42.8 Å². The molecule has 0 unspecified atom stereocenters. The highest BCUT2D eigenvalue weighted by molar-refractivity contribution is 7.89. The Bertz CT molecular complexity index is 849. The highest BCUT2D eigenvalue weighted by Crippen LogP contribution is 2.21. The zero-order valence-corrected chi connectivity index (χ0v) is 16.3. The van der Waals surface area contributed by atoms with Crippen LogP contribution in [0.1, 0.15) is 5.56 Å². The summed E-state index contributed by atoms with van der Waals surface area (Å²) >= 11 is 5.93. The van der Waals surface area contributed by atoms with Gasteiger partial charge < -0.3 is 4.74 Å². The standard InChI is InChI=1S/C19H23ClN2O3S/c1-16-4-2-6-18(14-16)25-13-12-21-8-10-22(11-9-21)26(23,24)19-7-3-5-17(20)15-19/h2-7,14-15H,8-13H2,1H3. The smallest absolute Gasteiger partial charge is 0.243 e. The van der Waals surface area contributed by atoms with Crippen molar-refractivity contribution in [1.82, 2.24) is 9.21 Å². The van der Waals surface area contributed by atoms with E-state index in [1.54, 1.807) is 18.2 Å². The van der Waals surface area contributed by atoms with Crippen molar-refractivity contribution < 1.29 is 13.2 Å². The number of hydrogen-bond donors (Lipinski definition) is 0. The average Bonchev–Trinajstić information content (AvgIpc) is 2.62. The second-order valence-corrected chi connectivity index (χ2v) is 8.74. The normalized spacial score (nSPS) is 16.5. The van der Waals surface area contributed by atoms with Crippen molar-refractivity contribution in [1.29, 1.82) is 0 Å². The summed E-state index contributed by atoms with van der Waals surface area (Å²) in [5.41, 5.74) is 1.17. The van der Waals surface area contributed by atoms with Crippen LogP contribution in [0.2, 0.25) is 5.02 Å². The van der Waals surface area contributed by atoms with Crippen LogP contribution in [0.5, 0.6) is 5.75 Å². The van der Waals surface area contributed by atoms with Gasteiger partial charge in [0.15, 0.2) is 0 Å². The molecule has 1 fully saturated rings. The number of halogens is 1. The maximum Gasteiger partial charge on any atom is 0.243 e. The molecule has 0 amide bonds. The first-order valence-electron chi connectivity index (χ1n) is 8.63. The van der Waals surface area contributed by atoms with Gasteiger partial charge >= 0.3 is 0 Å². The van der Waals surface area contributed by atoms with Crippen LogP contribution in [-0.2, 0) is 10.0 Å². The van der Waals surface area contributed by atoms with Crippen LogP contribution < -0.4 is 4.74 Å². The van der Waals surface area contributed by atoms with Crippen molar-refractivity contribution in [2.75, 3.05) is 39.3 Å². The van der Waals surface area contributed by atoms with Gasteiger partial charge in [0.2, 0.25) is 10.0 Å². The molecule has 1 aliphatic heterocycles. The van der Waals surface area contributed by atoms with Crippen molar-refractivity contribution in [2.24, 2.45) is 0 Å². The van der Waals surface area contributed by atoms with E-state index < -0.39 is 10.0 Å². The van der Waals surface area contributed by atoms with Crippen molar-refractivity contribution in [3.8, 4) is 5.75 Å². The minimum Gasteiger partial charge on any atom is -0.492 e. The first-order valence-corrected chi connectivity index (χ1v) is 10.4. The molecule has 0 atom stereocenters.